The Morgan fingerprint density at radius 1 is 1.08 bits per heavy atom. The van der Waals surface area contributed by atoms with Gasteiger partial charge in [-0.1, -0.05) is 55.3 Å². The SMILES string of the molecule is CC1(C)CC1C(Cc1coc(Cc2ccccc2)c1)=C1CCCC1. The monoisotopic (exact) mass is 320 g/mol. The quantitative estimate of drug-likeness (QED) is 0.587. The van der Waals surface area contributed by atoms with Crippen LogP contribution in [-0.2, 0) is 12.8 Å². The van der Waals surface area contributed by atoms with Crippen molar-refractivity contribution in [2.24, 2.45) is 11.3 Å². The zero-order valence-electron chi connectivity index (χ0n) is 15.0. The molecule has 2 aliphatic carbocycles. The van der Waals surface area contributed by atoms with Crippen molar-refractivity contribution in [3.05, 3.63) is 70.7 Å². The van der Waals surface area contributed by atoms with Gasteiger partial charge in [-0.05, 0) is 67.1 Å². The van der Waals surface area contributed by atoms with Crippen LogP contribution in [0, 0.1) is 11.3 Å². The zero-order valence-corrected chi connectivity index (χ0v) is 15.0. The minimum absolute atomic E-state index is 0.515. The molecule has 2 saturated carbocycles. The first-order valence-corrected chi connectivity index (χ1v) is 9.43. The van der Waals surface area contributed by atoms with Crippen molar-refractivity contribution < 1.29 is 4.42 Å². The lowest BCUT2D eigenvalue weighted by Crippen LogP contribution is -2.01. The van der Waals surface area contributed by atoms with Gasteiger partial charge in [-0.25, -0.2) is 0 Å². The van der Waals surface area contributed by atoms with Crippen LogP contribution >= 0.6 is 0 Å². The molecule has 2 aliphatic rings. The summed E-state index contributed by atoms with van der Waals surface area (Å²) in [7, 11) is 0. The van der Waals surface area contributed by atoms with Crippen molar-refractivity contribution in [3.63, 3.8) is 0 Å². The van der Waals surface area contributed by atoms with Gasteiger partial charge in [0, 0.05) is 6.42 Å². The Morgan fingerprint density at radius 3 is 2.46 bits per heavy atom. The lowest BCUT2D eigenvalue weighted by molar-refractivity contribution is 0.518. The van der Waals surface area contributed by atoms with Crippen molar-refractivity contribution in [1.82, 2.24) is 0 Å². The zero-order chi connectivity index (χ0) is 16.6. The molecular weight excluding hydrogens is 292 g/mol. The Balaban J connectivity index is 1.50. The Kier molecular flexibility index (Phi) is 4.12. The summed E-state index contributed by atoms with van der Waals surface area (Å²) < 4.78 is 5.86. The Hall–Kier alpha value is -1.76. The standard InChI is InChI=1S/C23H28O/c1-23(2)15-22(23)21(19-10-6-7-11-19)14-18-13-20(24-16-18)12-17-8-4-3-5-9-17/h3-5,8-9,13,16,22H,6-7,10-12,14-15H2,1-2H3. The van der Waals surface area contributed by atoms with Crippen molar-refractivity contribution in [2.45, 2.75) is 58.8 Å². The molecule has 0 radical (unpaired) electrons. The highest BCUT2D eigenvalue weighted by molar-refractivity contribution is 5.33. The predicted octanol–water partition coefficient (Wildman–Crippen LogP) is 6.33. The highest BCUT2D eigenvalue weighted by atomic mass is 16.3. The lowest BCUT2D eigenvalue weighted by Gasteiger charge is -2.13. The summed E-state index contributed by atoms with van der Waals surface area (Å²) >= 11 is 0. The van der Waals surface area contributed by atoms with Crippen LogP contribution in [0.5, 0.6) is 0 Å². The Morgan fingerprint density at radius 2 is 1.79 bits per heavy atom. The van der Waals surface area contributed by atoms with E-state index in [2.05, 4.69) is 50.2 Å². The first-order chi connectivity index (χ1) is 11.6. The molecule has 1 unspecified atom stereocenters. The van der Waals surface area contributed by atoms with Gasteiger partial charge in [0.15, 0.2) is 0 Å². The van der Waals surface area contributed by atoms with Gasteiger partial charge < -0.3 is 4.42 Å². The summed E-state index contributed by atoms with van der Waals surface area (Å²) in [5.41, 5.74) is 6.69. The topological polar surface area (TPSA) is 13.1 Å². The van der Waals surface area contributed by atoms with E-state index in [-0.39, 0.29) is 0 Å². The van der Waals surface area contributed by atoms with Gasteiger partial charge in [-0.2, -0.15) is 0 Å². The maximum atomic E-state index is 5.86. The second-order valence-electron chi connectivity index (χ2n) is 8.34. The van der Waals surface area contributed by atoms with E-state index in [1.165, 1.54) is 43.2 Å². The van der Waals surface area contributed by atoms with Crippen molar-refractivity contribution >= 4 is 0 Å². The highest BCUT2D eigenvalue weighted by Crippen LogP contribution is 2.57. The molecule has 1 heteroatoms. The number of furan rings is 1. The molecule has 0 N–H and O–H groups in total. The van der Waals surface area contributed by atoms with Crippen LogP contribution in [0.2, 0.25) is 0 Å². The highest BCUT2D eigenvalue weighted by Gasteiger charge is 2.48. The average Bonchev–Trinajstić information content (AvgIpc) is 2.99. The number of benzene rings is 1. The molecule has 0 bridgehead atoms. The van der Waals surface area contributed by atoms with E-state index >= 15 is 0 Å². The predicted molar refractivity (Wildman–Crippen MR) is 99.0 cm³/mol. The van der Waals surface area contributed by atoms with Crippen molar-refractivity contribution in [1.29, 1.82) is 0 Å². The first-order valence-electron chi connectivity index (χ1n) is 9.43. The number of hydrogen-bond donors (Lipinski definition) is 0. The summed E-state index contributed by atoms with van der Waals surface area (Å²) in [5, 5.41) is 0. The normalized spacial score (nSPS) is 21.9. The fourth-order valence-corrected chi connectivity index (χ4v) is 4.31. The van der Waals surface area contributed by atoms with Crippen LogP contribution in [0.1, 0.15) is 62.8 Å². The van der Waals surface area contributed by atoms with Gasteiger partial charge in [0.25, 0.3) is 0 Å². The molecule has 1 heterocycles. The molecule has 0 saturated heterocycles. The van der Waals surface area contributed by atoms with Crippen LogP contribution in [0.3, 0.4) is 0 Å². The molecule has 4 rings (SSSR count). The van der Waals surface area contributed by atoms with E-state index in [1.807, 2.05) is 6.26 Å². The van der Waals surface area contributed by atoms with Gasteiger partial charge in [0.05, 0.1) is 6.26 Å². The fraction of sp³-hybridized carbons (Fsp3) is 0.478. The third-order valence-corrected chi connectivity index (χ3v) is 5.92. The maximum absolute atomic E-state index is 5.86. The summed E-state index contributed by atoms with van der Waals surface area (Å²) in [6, 6.07) is 12.9. The molecule has 24 heavy (non-hydrogen) atoms. The number of rotatable bonds is 5. The Labute approximate surface area is 145 Å². The molecule has 1 aromatic carbocycles. The van der Waals surface area contributed by atoms with E-state index < -0.39 is 0 Å². The summed E-state index contributed by atoms with van der Waals surface area (Å²) in [5.74, 6) is 1.89. The molecule has 126 valence electrons. The van der Waals surface area contributed by atoms with Crippen LogP contribution < -0.4 is 0 Å². The largest absolute Gasteiger partial charge is 0.469 e. The molecule has 1 atom stereocenters. The smallest absolute Gasteiger partial charge is 0.108 e. The molecule has 1 aromatic heterocycles. The van der Waals surface area contributed by atoms with Crippen molar-refractivity contribution in [2.75, 3.05) is 0 Å². The van der Waals surface area contributed by atoms with Crippen LogP contribution in [0.4, 0.5) is 0 Å². The van der Waals surface area contributed by atoms with E-state index in [9.17, 15) is 0 Å². The van der Waals surface area contributed by atoms with E-state index in [0.29, 0.717) is 5.41 Å². The van der Waals surface area contributed by atoms with Gasteiger partial charge in [0.1, 0.15) is 5.76 Å². The third kappa shape index (κ3) is 3.36. The second kappa shape index (κ2) is 6.27. The molecule has 1 nitrogen and oxygen atoms in total. The molecule has 0 amide bonds. The molecule has 2 fully saturated rings. The van der Waals surface area contributed by atoms with Crippen molar-refractivity contribution in [3.8, 4) is 0 Å². The summed E-state index contributed by atoms with van der Waals surface area (Å²) in [4.78, 5) is 0. The maximum Gasteiger partial charge on any atom is 0.108 e. The van der Waals surface area contributed by atoms with Gasteiger partial charge >= 0.3 is 0 Å². The van der Waals surface area contributed by atoms with E-state index in [0.717, 1.165) is 24.5 Å². The first kappa shape index (κ1) is 15.7. The molecule has 0 aliphatic heterocycles. The Bertz CT molecular complexity index is 724. The molecular formula is C23H28O. The fourth-order valence-electron chi connectivity index (χ4n) is 4.31. The summed E-state index contributed by atoms with van der Waals surface area (Å²) in [6.45, 7) is 4.84. The number of allylic oxidation sites excluding steroid dienone is 2. The molecule has 0 spiro atoms. The van der Waals surface area contributed by atoms with E-state index in [4.69, 9.17) is 4.42 Å². The second-order valence-corrected chi connectivity index (χ2v) is 8.34. The van der Waals surface area contributed by atoms with Crippen LogP contribution in [-0.4, -0.2) is 0 Å². The summed E-state index contributed by atoms with van der Waals surface area (Å²) in [6.07, 6.45) is 10.8. The minimum Gasteiger partial charge on any atom is -0.469 e. The van der Waals surface area contributed by atoms with Gasteiger partial charge in [-0.3, -0.25) is 0 Å². The van der Waals surface area contributed by atoms with Crippen LogP contribution in [0.15, 0.2) is 58.2 Å². The van der Waals surface area contributed by atoms with Crippen LogP contribution in [0.25, 0.3) is 0 Å². The molecule has 2 aromatic rings. The third-order valence-electron chi connectivity index (χ3n) is 5.92. The van der Waals surface area contributed by atoms with Gasteiger partial charge in [-0.15, -0.1) is 0 Å². The van der Waals surface area contributed by atoms with Gasteiger partial charge in [0.2, 0.25) is 0 Å². The van der Waals surface area contributed by atoms with E-state index in [1.54, 1.807) is 11.1 Å². The average molecular weight is 320 g/mol. The minimum atomic E-state index is 0.515. The number of hydrogen-bond acceptors (Lipinski definition) is 1. The lowest BCUT2D eigenvalue weighted by atomic mass is 9.92.